The van der Waals surface area contributed by atoms with Gasteiger partial charge in [0.15, 0.2) is 0 Å². The second kappa shape index (κ2) is 5.65. The lowest BCUT2D eigenvalue weighted by molar-refractivity contribution is -0.120. The van der Waals surface area contributed by atoms with Crippen LogP contribution in [0.4, 0.5) is 5.69 Å². The molecule has 1 atom stereocenters. The van der Waals surface area contributed by atoms with Gasteiger partial charge >= 0.3 is 0 Å². The maximum Gasteiger partial charge on any atom is 0.243 e. The Kier molecular flexibility index (Phi) is 3.95. The summed E-state index contributed by atoms with van der Waals surface area (Å²) < 4.78 is 10.3. The van der Waals surface area contributed by atoms with Crippen molar-refractivity contribution in [1.29, 1.82) is 0 Å². The smallest absolute Gasteiger partial charge is 0.243 e. The monoisotopic (exact) mass is 236 g/mol. The van der Waals surface area contributed by atoms with Crippen LogP contribution in [0.5, 0.6) is 5.75 Å². The summed E-state index contributed by atoms with van der Waals surface area (Å²) >= 11 is 0. The van der Waals surface area contributed by atoms with Gasteiger partial charge in [0.2, 0.25) is 5.91 Å². The Labute approximate surface area is 100 Å². The molecule has 1 aliphatic rings. The molecule has 0 saturated carbocycles. The molecule has 1 aliphatic heterocycles. The Morgan fingerprint density at radius 3 is 2.82 bits per heavy atom. The van der Waals surface area contributed by atoms with Crippen molar-refractivity contribution in [1.82, 2.24) is 5.32 Å². The average Bonchev–Trinajstić information content (AvgIpc) is 2.40. The van der Waals surface area contributed by atoms with Crippen LogP contribution < -0.4 is 15.4 Å². The molecule has 1 aromatic carbocycles. The van der Waals surface area contributed by atoms with Gasteiger partial charge in [-0.05, 0) is 24.3 Å². The van der Waals surface area contributed by atoms with Crippen LogP contribution in [0.1, 0.15) is 0 Å². The van der Waals surface area contributed by atoms with E-state index in [1.165, 1.54) is 0 Å². The molecule has 1 saturated heterocycles. The van der Waals surface area contributed by atoms with Crippen LogP contribution in [0.15, 0.2) is 24.3 Å². The number of nitrogens with one attached hydrogen (secondary N) is 2. The highest BCUT2D eigenvalue weighted by Crippen LogP contribution is 2.15. The average molecular weight is 236 g/mol. The van der Waals surface area contributed by atoms with Crippen molar-refractivity contribution in [2.75, 3.05) is 32.2 Å². The lowest BCUT2D eigenvalue weighted by atomic mass is 10.2. The van der Waals surface area contributed by atoms with Gasteiger partial charge in [-0.25, -0.2) is 0 Å². The molecule has 2 rings (SSSR count). The number of carbonyl (C=O) groups excluding carboxylic acids is 1. The van der Waals surface area contributed by atoms with Gasteiger partial charge in [-0.15, -0.1) is 0 Å². The minimum atomic E-state index is -0.272. The quantitative estimate of drug-likeness (QED) is 0.808. The van der Waals surface area contributed by atoms with Crippen LogP contribution in [0.3, 0.4) is 0 Å². The zero-order valence-corrected chi connectivity index (χ0v) is 9.73. The highest BCUT2D eigenvalue weighted by Gasteiger charge is 2.20. The van der Waals surface area contributed by atoms with Crippen molar-refractivity contribution in [2.24, 2.45) is 0 Å². The molecule has 0 aromatic heterocycles. The molecule has 0 aliphatic carbocycles. The van der Waals surface area contributed by atoms with Crippen LogP contribution in [0, 0.1) is 0 Å². The molecule has 17 heavy (non-hydrogen) atoms. The fourth-order valence-corrected chi connectivity index (χ4v) is 1.64. The van der Waals surface area contributed by atoms with Crippen molar-refractivity contribution >= 4 is 11.6 Å². The van der Waals surface area contributed by atoms with Gasteiger partial charge in [0.05, 0.1) is 20.3 Å². The van der Waals surface area contributed by atoms with Crippen LogP contribution >= 0.6 is 0 Å². The molecule has 0 unspecified atom stereocenters. The van der Waals surface area contributed by atoms with E-state index in [9.17, 15) is 4.79 Å². The molecular weight excluding hydrogens is 220 g/mol. The summed E-state index contributed by atoms with van der Waals surface area (Å²) in [4.78, 5) is 11.8. The first kappa shape index (κ1) is 11.9. The third-order valence-corrected chi connectivity index (χ3v) is 2.60. The Balaban J connectivity index is 1.92. The van der Waals surface area contributed by atoms with Crippen LogP contribution in [0.2, 0.25) is 0 Å². The van der Waals surface area contributed by atoms with E-state index in [4.69, 9.17) is 9.47 Å². The van der Waals surface area contributed by atoms with Crippen LogP contribution in [-0.2, 0) is 9.53 Å². The maximum absolute atomic E-state index is 11.8. The van der Waals surface area contributed by atoms with Crippen molar-refractivity contribution in [3.63, 3.8) is 0 Å². The van der Waals surface area contributed by atoms with E-state index in [0.29, 0.717) is 19.8 Å². The first-order chi connectivity index (χ1) is 8.29. The van der Waals surface area contributed by atoms with E-state index in [0.717, 1.165) is 11.4 Å². The maximum atomic E-state index is 11.8. The van der Waals surface area contributed by atoms with Crippen molar-refractivity contribution in [3.8, 4) is 5.75 Å². The van der Waals surface area contributed by atoms with Gasteiger partial charge in [-0.1, -0.05) is 0 Å². The number of morpholine rings is 1. The minimum absolute atomic E-state index is 0.0742. The number of amides is 1. The zero-order chi connectivity index (χ0) is 12.1. The van der Waals surface area contributed by atoms with Crippen molar-refractivity contribution < 1.29 is 14.3 Å². The van der Waals surface area contributed by atoms with E-state index in [-0.39, 0.29) is 11.9 Å². The summed E-state index contributed by atoms with van der Waals surface area (Å²) in [6.07, 6.45) is 0. The number of hydrogen-bond acceptors (Lipinski definition) is 4. The zero-order valence-electron chi connectivity index (χ0n) is 9.73. The number of benzene rings is 1. The van der Waals surface area contributed by atoms with E-state index < -0.39 is 0 Å². The topological polar surface area (TPSA) is 59.6 Å². The van der Waals surface area contributed by atoms with E-state index >= 15 is 0 Å². The molecule has 2 N–H and O–H groups in total. The summed E-state index contributed by atoms with van der Waals surface area (Å²) in [6, 6.07) is 6.95. The molecule has 0 spiro atoms. The van der Waals surface area contributed by atoms with Gasteiger partial charge < -0.3 is 20.1 Å². The summed E-state index contributed by atoms with van der Waals surface area (Å²) in [5, 5.41) is 5.93. The van der Waals surface area contributed by atoms with Gasteiger partial charge in [0.1, 0.15) is 11.8 Å². The first-order valence-electron chi connectivity index (χ1n) is 5.55. The predicted molar refractivity (Wildman–Crippen MR) is 64.2 cm³/mol. The molecule has 1 fully saturated rings. The highest BCUT2D eigenvalue weighted by molar-refractivity contribution is 5.95. The van der Waals surface area contributed by atoms with E-state index in [2.05, 4.69) is 10.6 Å². The molecule has 5 nitrogen and oxygen atoms in total. The van der Waals surface area contributed by atoms with Gasteiger partial charge in [-0.2, -0.15) is 0 Å². The largest absolute Gasteiger partial charge is 0.497 e. The molecule has 0 radical (unpaired) electrons. The van der Waals surface area contributed by atoms with Crippen molar-refractivity contribution in [3.05, 3.63) is 24.3 Å². The fraction of sp³-hybridized carbons (Fsp3) is 0.417. The Morgan fingerprint density at radius 2 is 2.24 bits per heavy atom. The number of anilines is 1. The highest BCUT2D eigenvalue weighted by atomic mass is 16.5. The second-order valence-corrected chi connectivity index (χ2v) is 3.80. The molecule has 1 heterocycles. The predicted octanol–water partition coefficient (Wildman–Crippen LogP) is 0.622. The third kappa shape index (κ3) is 3.18. The van der Waals surface area contributed by atoms with Gasteiger partial charge in [0, 0.05) is 12.2 Å². The van der Waals surface area contributed by atoms with Gasteiger partial charge in [0.25, 0.3) is 0 Å². The summed E-state index contributed by atoms with van der Waals surface area (Å²) in [7, 11) is 1.61. The number of methoxy groups -OCH3 is 1. The summed E-state index contributed by atoms with van der Waals surface area (Å²) in [5.74, 6) is 0.692. The number of carbonyl (C=O) groups is 1. The third-order valence-electron chi connectivity index (χ3n) is 2.60. The Morgan fingerprint density at radius 1 is 1.47 bits per heavy atom. The molecular formula is C12H16N2O3. The standard InChI is InChI=1S/C12H16N2O3/c1-16-10-4-2-9(3-5-10)14-12(15)11-8-17-7-6-13-11/h2-5,11,13H,6-8H2,1H3,(H,14,15)/t11-/m1/s1. The molecule has 1 amide bonds. The number of hydrogen-bond donors (Lipinski definition) is 2. The fourth-order valence-electron chi connectivity index (χ4n) is 1.64. The van der Waals surface area contributed by atoms with E-state index in [1.54, 1.807) is 31.4 Å². The number of rotatable bonds is 3. The summed E-state index contributed by atoms with van der Waals surface area (Å²) in [6.45, 7) is 1.79. The Bertz CT molecular complexity index is 372. The molecule has 1 aromatic rings. The lowest BCUT2D eigenvalue weighted by Crippen LogP contribution is -2.48. The molecule has 0 bridgehead atoms. The van der Waals surface area contributed by atoms with Gasteiger partial charge in [-0.3, -0.25) is 4.79 Å². The molecule has 5 heteroatoms. The lowest BCUT2D eigenvalue weighted by Gasteiger charge is -2.22. The van der Waals surface area contributed by atoms with Crippen LogP contribution in [0.25, 0.3) is 0 Å². The second-order valence-electron chi connectivity index (χ2n) is 3.80. The van der Waals surface area contributed by atoms with E-state index in [1.807, 2.05) is 0 Å². The Hall–Kier alpha value is -1.59. The molecule has 92 valence electrons. The number of ether oxygens (including phenoxy) is 2. The SMILES string of the molecule is COc1ccc(NC(=O)[C@H]2COCCN2)cc1. The summed E-state index contributed by atoms with van der Waals surface area (Å²) in [5.41, 5.74) is 0.753. The minimum Gasteiger partial charge on any atom is -0.497 e. The normalized spacial score (nSPS) is 19.7. The first-order valence-corrected chi connectivity index (χ1v) is 5.55. The van der Waals surface area contributed by atoms with Crippen LogP contribution in [-0.4, -0.2) is 38.8 Å². The van der Waals surface area contributed by atoms with Crippen molar-refractivity contribution in [2.45, 2.75) is 6.04 Å².